The molecule has 0 unspecified atom stereocenters. The second-order valence-corrected chi connectivity index (χ2v) is 6.59. The number of carboxylic acids is 1. The Morgan fingerprint density at radius 2 is 2.10 bits per heavy atom. The zero-order valence-corrected chi connectivity index (χ0v) is 12.8. The Morgan fingerprint density at radius 3 is 2.67 bits per heavy atom. The van der Waals surface area contributed by atoms with Gasteiger partial charge < -0.3 is 9.84 Å². The van der Waals surface area contributed by atoms with Gasteiger partial charge in [0.2, 0.25) is 0 Å². The van der Waals surface area contributed by atoms with E-state index in [9.17, 15) is 9.18 Å². The standard InChI is InChI=1S/C15H16FNO3S/c1-15(2,3)12-8-21-13(17-12)7-20-11-5-9(14(18)19)4-10(16)6-11/h4-6,8H,7H2,1-3H3,(H,18,19). The highest BCUT2D eigenvalue weighted by Gasteiger charge is 2.17. The number of ether oxygens (including phenoxy) is 1. The number of carbonyl (C=O) groups is 1. The van der Waals surface area contributed by atoms with Crippen molar-refractivity contribution >= 4 is 17.3 Å². The van der Waals surface area contributed by atoms with Gasteiger partial charge in [-0.15, -0.1) is 11.3 Å². The molecule has 4 nitrogen and oxygen atoms in total. The topological polar surface area (TPSA) is 59.4 Å². The van der Waals surface area contributed by atoms with Gasteiger partial charge in [0.05, 0.1) is 11.3 Å². The first-order valence-electron chi connectivity index (χ1n) is 6.37. The number of carboxylic acid groups (broad SMARTS) is 1. The van der Waals surface area contributed by atoms with E-state index in [1.165, 1.54) is 17.4 Å². The molecule has 1 aromatic carbocycles. The minimum Gasteiger partial charge on any atom is -0.486 e. The van der Waals surface area contributed by atoms with E-state index in [0.29, 0.717) is 0 Å². The highest BCUT2D eigenvalue weighted by molar-refractivity contribution is 7.09. The highest BCUT2D eigenvalue weighted by atomic mass is 32.1. The van der Waals surface area contributed by atoms with Crippen LogP contribution in [0.25, 0.3) is 0 Å². The maximum Gasteiger partial charge on any atom is 0.335 e. The van der Waals surface area contributed by atoms with Gasteiger partial charge in [0.1, 0.15) is 23.2 Å². The minimum atomic E-state index is -1.19. The van der Waals surface area contributed by atoms with Crippen molar-refractivity contribution in [3.05, 3.63) is 45.7 Å². The van der Waals surface area contributed by atoms with E-state index >= 15 is 0 Å². The van der Waals surface area contributed by atoms with Crippen LogP contribution in [-0.2, 0) is 12.0 Å². The molecule has 2 rings (SSSR count). The van der Waals surface area contributed by atoms with Crippen LogP contribution in [0.4, 0.5) is 4.39 Å². The zero-order valence-electron chi connectivity index (χ0n) is 12.0. The second kappa shape index (κ2) is 5.81. The smallest absolute Gasteiger partial charge is 0.335 e. The minimum absolute atomic E-state index is 0.0376. The lowest BCUT2D eigenvalue weighted by atomic mass is 9.93. The SMILES string of the molecule is CC(C)(C)c1csc(COc2cc(F)cc(C(=O)O)c2)n1. The third kappa shape index (κ3) is 4.01. The lowest BCUT2D eigenvalue weighted by Crippen LogP contribution is -2.11. The molecule has 0 aliphatic carbocycles. The van der Waals surface area contributed by atoms with Crippen molar-refractivity contribution in [2.45, 2.75) is 32.8 Å². The lowest BCUT2D eigenvalue weighted by molar-refractivity contribution is 0.0695. The molecule has 0 fully saturated rings. The summed E-state index contributed by atoms with van der Waals surface area (Å²) in [5.74, 6) is -1.65. The molecule has 0 aliphatic heterocycles. The summed E-state index contributed by atoms with van der Waals surface area (Å²) in [5.41, 5.74) is 0.792. The summed E-state index contributed by atoms with van der Waals surface area (Å²) in [4.78, 5) is 15.3. The Balaban J connectivity index is 2.10. The van der Waals surface area contributed by atoms with E-state index in [-0.39, 0.29) is 23.3 Å². The van der Waals surface area contributed by atoms with Gasteiger partial charge in [-0.05, 0) is 12.1 Å². The average Bonchev–Trinajstić information content (AvgIpc) is 2.84. The monoisotopic (exact) mass is 309 g/mol. The van der Waals surface area contributed by atoms with Crippen LogP contribution in [0.15, 0.2) is 23.6 Å². The first kappa shape index (κ1) is 15.4. The van der Waals surface area contributed by atoms with Crippen LogP contribution in [-0.4, -0.2) is 16.1 Å². The molecule has 0 aliphatic rings. The molecule has 0 radical (unpaired) electrons. The van der Waals surface area contributed by atoms with Crippen LogP contribution in [0.2, 0.25) is 0 Å². The average molecular weight is 309 g/mol. The molecule has 0 amide bonds. The van der Waals surface area contributed by atoms with Gasteiger partial charge in [-0.25, -0.2) is 14.2 Å². The number of rotatable bonds is 4. The Morgan fingerprint density at radius 1 is 1.38 bits per heavy atom. The fourth-order valence-electron chi connectivity index (χ4n) is 1.64. The molecule has 0 saturated heterocycles. The number of benzene rings is 1. The molecule has 0 spiro atoms. The van der Waals surface area contributed by atoms with Gasteiger partial charge in [-0.1, -0.05) is 20.8 Å². The van der Waals surface area contributed by atoms with E-state index in [0.717, 1.165) is 22.8 Å². The number of aromatic nitrogens is 1. The van der Waals surface area contributed by atoms with Crippen LogP contribution in [0.5, 0.6) is 5.75 Å². The Labute approximate surface area is 126 Å². The molecule has 1 heterocycles. The van der Waals surface area contributed by atoms with Crippen molar-refractivity contribution < 1.29 is 19.0 Å². The molecule has 21 heavy (non-hydrogen) atoms. The fourth-order valence-corrected chi connectivity index (χ4v) is 2.57. The summed E-state index contributed by atoms with van der Waals surface area (Å²) in [6.07, 6.45) is 0. The van der Waals surface area contributed by atoms with Gasteiger partial charge >= 0.3 is 5.97 Å². The Kier molecular flexibility index (Phi) is 4.27. The van der Waals surface area contributed by atoms with Crippen molar-refractivity contribution in [3.8, 4) is 5.75 Å². The molecule has 6 heteroatoms. The number of nitrogens with zero attached hydrogens (tertiary/aromatic N) is 1. The lowest BCUT2D eigenvalue weighted by Gasteiger charge is -2.14. The normalized spacial score (nSPS) is 11.4. The van der Waals surface area contributed by atoms with E-state index in [2.05, 4.69) is 25.8 Å². The molecule has 112 valence electrons. The predicted octanol–water partition coefficient (Wildman–Crippen LogP) is 3.86. The Bertz CT molecular complexity index is 661. The summed E-state index contributed by atoms with van der Waals surface area (Å²) in [7, 11) is 0. The fraction of sp³-hybridized carbons (Fsp3) is 0.333. The molecule has 1 aromatic heterocycles. The first-order valence-corrected chi connectivity index (χ1v) is 7.25. The maximum absolute atomic E-state index is 13.3. The van der Waals surface area contributed by atoms with Crippen molar-refractivity contribution in [1.82, 2.24) is 4.98 Å². The quantitative estimate of drug-likeness (QED) is 0.931. The van der Waals surface area contributed by atoms with Gasteiger partial charge in [0.15, 0.2) is 0 Å². The molecule has 1 N–H and O–H groups in total. The molecular formula is C15H16FNO3S. The van der Waals surface area contributed by atoms with Crippen LogP contribution in [0.1, 0.15) is 41.8 Å². The van der Waals surface area contributed by atoms with Crippen molar-refractivity contribution in [1.29, 1.82) is 0 Å². The molecule has 0 atom stereocenters. The van der Waals surface area contributed by atoms with Crippen molar-refractivity contribution in [2.75, 3.05) is 0 Å². The third-order valence-electron chi connectivity index (χ3n) is 2.80. The van der Waals surface area contributed by atoms with Crippen LogP contribution < -0.4 is 4.74 Å². The van der Waals surface area contributed by atoms with Gasteiger partial charge in [0, 0.05) is 16.9 Å². The van der Waals surface area contributed by atoms with Crippen LogP contribution in [0.3, 0.4) is 0 Å². The number of thiazole rings is 1. The van der Waals surface area contributed by atoms with Crippen molar-refractivity contribution in [2.24, 2.45) is 0 Å². The Hall–Kier alpha value is -1.95. The summed E-state index contributed by atoms with van der Waals surface area (Å²) >= 11 is 1.46. The van der Waals surface area contributed by atoms with Gasteiger partial charge in [-0.2, -0.15) is 0 Å². The summed E-state index contributed by atoms with van der Waals surface area (Å²) < 4.78 is 18.8. The largest absolute Gasteiger partial charge is 0.486 e. The van der Waals surface area contributed by atoms with Gasteiger partial charge in [-0.3, -0.25) is 0 Å². The van der Waals surface area contributed by atoms with Crippen molar-refractivity contribution in [3.63, 3.8) is 0 Å². The third-order valence-corrected chi connectivity index (χ3v) is 3.62. The van der Waals surface area contributed by atoms with Crippen LogP contribution >= 0.6 is 11.3 Å². The van der Waals surface area contributed by atoms with E-state index in [1.807, 2.05) is 5.38 Å². The predicted molar refractivity (Wildman–Crippen MR) is 78.5 cm³/mol. The number of aromatic carboxylic acids is 1. The van der Waals surface area contributed by atoms with E-state index < -0.39 is 11.8 Å². The van der Waals surface area contributed by atoms with E-state index in [1.54, 1.807) is 0 Å². The molecule has 0 saturated carbocycles. The number of halogens is 1. The highest BCUT2D eigenvalue weighted by Crippen LogP contribution is 2.25. The maximum atomic E-state index is 13.3. The number of hydrogen-bond donors (Lipinski definition) is 1. The van der Waals surface area contributed by atoms with Crippen LogP contribution in [0, 0.1) is 5.82 Å². The summed E-state index contributed by atoms with van der Waals surface area (Å²) in [5, 5.41) is 11.6. The molecule has 0 bridgehead atoms. The summed E-state index contributed by atoms with van der Waals surface area (Å²) in [6, 6.07) is 3.41. The molecule has 2 aromatic rings. The zero-order chi connectivity index (χ0) is 15.6. The number of hydrogen-bond acceptors (Lipinski definition) is 4. The summed E-state index contributed by atoms with van der Waals surface area (Å²) in [6.45, 7) is 6.39. The van der Waals surface area contributed by atoms with E-state index in [4.69, 9.17) is 9.84 Å². The van der Waals surface area contributed by atoms with Gasteiger partial charge in [0.25, 0.3) is 0 Å². The first-order chi connectivity index (χ1) is 9.75. The second-order valence-electron chi connectivity index (χ2n) is 5.65. The molecular weight excluding hydrogens is 293 g/mol.